The Hall–Kier alpha value is -1.46. The van der Waals surface area contributed by atoms with Crippen molar-refractivity contribution >= 4 is 5.97 Å². The highest BCUT2D eigenvalue weighted by molar-refractivity contribution is 5.87. The second-order valence-corrected chi connectivity index (χ2v) is 12.5. The van der Waals surface area contributed by atoms with Crippen molar-refractivity contribution < 1.29 is 24.5 Å². The summed E-state index contributed by atoms with van der Waals surface area (Å²) in [7, 11) is 0. The molecule has 0 spiro atoms. The van der Waals surface area contributed by atoms with Gasteiger partial charge in [0.2, 0.25) is 0 Å². The van der Waals surface area contributed by atoms with Crippen molar-refractivity contribution in [1.82, 2.24) is 0 Å². The van der Waals surface area contributed by atoms with Gasteiger partial charge in [-0.15, -0.1) is 6.58 Å². The monoisotopic (exact) mass is 490 g/mol. The summed E-state index contributed by atoms with van der Waals surface area (Å²) >= 11 is 0. The number of allylic oxidation sites excluding steroid dienone is 2. The van der Waals surface area contributed by atoms with Crippen LogP contribution < -0.4 is 0 Å². The summed E-state index contributed by atoms with van der Waals surface area (Å²) < 4.78 is 10.8. The lowest BCUT2D eigenvalue weighted by Gasteiger charge is -2.58. The summed E-state index contributed by atoms with van der Waals surface area (Å²) in [6.45, 7) is 16.5. The van der Waals surface area contributed by atoms with Crippen LogP contribution in [0.15, 0.2) is 36.0 Å². The molecule has 2 N–H and O–H groups in total. The van der Waals surface area contributed by atoms with Gasteiger partial charge in [-0.3, -0.25) is 0 Å². The van der Waals surface area contributed by atoms with Crippen molar-refractivity contribution in [3.05, 3.63) is 36.0 Å². The Bertz CT molecular complexity index is 820. The molecule has 0 bridgehead atoms. The van der Waals surface area contributed by atoms with Gasteiger partial charge in [-0.05, 0) is 112 Å². The number of hydrogen-bond acceptors (Lipinski definition) is 4. The molecule has 0 aromatic carbocycles. The van der Waals surface area contributed by atoms with Crippen LogP contribution in [0.1, 0.15) is 91.9 Å². The van der Waals surface area contributed by atoms with Crippen LogP contribution in [0.5, 0.6) is 0 Å². The zero-order valence-electron chi connectivity index (χ0n) is 22.3. The molecule has 0 amide bonds. The van der Waals surface area contributed by atoms with Gasteiger partial charge in [-0.2, -0.15) is 0 Å². The maximum absolute atomic E-state index is 10.8. The maximum Gasteiger partial charge on any atom is 0.377 e. The molecule has 3 fully saturated rings. The Morgan fingerprint density at radius 1 is 1.20 bits per heavy atom. The molecule has 5 heteroatoms. The summed E-state index contributed by atoms with van der Waals surface area (Å²) in [6.07, 6.45) is 15.3. The lowest BCUT2D eigenvalue weighted by molar-refractivity contribution is -0.178. The minimum absolute atomic E-state index is 0.0836. The van der Waals surface area contributed by atoms with Crippen LogP contribution in [0.25, 0.3) is 0 Å². The zero-order chi connectivity index (χ0) is 26.0. The second kappa shape index (κ2) is 11.3. The predicted octanol–water partition coefficient (Wildman–Crippen LogP) is 6.88. The van der Waals surface area contributed by atoms with Gasteiger partial charge in [0.15, 0.2) is 0 Å². The summed E-state index contributed by atoms with van der Waals surface area (Å²) in [4.78, 5) is 12.6. The van der Waals surface area contributed by atoms with E-state index in [9.17, 15) is 14.4 Å². The number of carbonyl (C=O) groups is 1. The SMILES string of the molecule is C=C(C)CC[C@@H](C)C1CCC2C3CC=C4C[C@@H](O)CC[C@]4(C)C3CCC21C.C=C(CO)C(=O)OF. The first-order valence-corrected chi connectivity index (χ1v) is 13.6. The van der Waals surface area contributed by atoms with Crippen LogP contribution in [0.4, 0.5) is 4.53 Å². The Labute approximate surface area is 211 Å². The highest BCUT2D eigenvalue weighted by atomic mass is 19.3. The number of fused-ring (bicyclic) bond motifs is 5. The van der Waals surface area contributed by atoms with Gasteiger partial charge >= 0.3 is 5.97 Å². The highest BCUT2D eigenvalue weighted by Crippen LogP contribution is 2.67. The van der Waals surface area contributed by atoms with Crippen LogP contribution in [0.3, 0.4) is 0 Å². The molecule has 0 aliphatic heterocycles. The number of hydrogen-bond donors (Lipinski definition) is 2. The van der Waals surface area contributed by atoms with E-state index in [2.05, 4.69) is 51.9 Å². The Kier molecular flexibility index (Phi) is 9.07. The van der Waals surface area contributed by atoms with Gasteiger partial charge < -0.3 is 10.2 Å². The third kappa shape index (κ3) is 5.61. The maximum atomic E-state index is 10.8. The van der Waals surface area contributed by atoms with Crippen molar-refractivity contribution in [2.45, 2.75) is 98.0 Å². The molecule has 5 unspecified atom stereocenters. The first kappa shape index (κ1) is 28.1. The highest BCUT2D eigenvalue weighted by Gasteiger charge is 2.59. The smallest absolute Gasteiger partial charge is 0.377 e. The minimum Gasteiger partial charge on any atom is -0.393 e. The molecular weight excluding hydrogens is 443 g/mol. The fourth-order valence-corrected chi connectivity index (χ4v) is 8.41. The normalized spacial score (nSPS) is 38.5. The molecule has 0 aromatic heterocycles. The molecule has 4 aliphatic carbocycles. The van der Waals surface area contributed by atoms with Gasteiger partial charge in [0.05, 0.1) is 18.3 Å². The fraction of sp³-hybridized carbons (Fsp3) is 0.767. The van der Waals surface area contributed by atoms with E-state index in [1.807, 2.05) is 0 Å². The molecule has 198 valence electrons. The number of carbonyl (C=O) groups excluding carboxylic acids is 1. The van der Waals surface area contributed by atoms with Gasteiger partial charge in [0.25, 0.3) is 0 Å². The Balaban J connectivity index is 0.000000371. The van der Waals surface area contributed by atoms with Gasteiger partial charge in [-0.25, -0.2) is 9.74 Å². The quantitative estimate of drug-likeness (QED) is 0.314. The number of aliphatic hydroxyl groups excluding tert-OH is 2. The van der Waals surface area contributed by atoms with Gasteiger partial charge in [-0.1, -0.05) is 44.6 Å². The van der Waals surface area contributed by atoms with E-state index < -0.39 is 12.6 Å². The van der Waals surface area contributed by atoms with E-state index in [1.165, 1.54) is 56.9 Å². The van der Waals surface area contributed by atoms with E-state index in [4.69, 9.17) is 5.11 Å². The Morgan fingerprint density at radius 2 is 1.91 bits per heavy atom. The first-order chi connectivity index (χ1) is 16.5. The largest absolute Gasteiger partial charge is 0.393 e. The van der Waals surface area contributed by atoms with E-state index in [1.54, 1.807) is 5.57 Å². The van der Waals surface area contributed by atoms with E-state index in [-0.39, 0.29) is 11.7 Å². The molecule has 0 heterocycles. The van der Waals surface area contributed by atoms with Crippen LogP contribution >= 0.6 is 0 Å². The molecular formula is C30H47FO4. The van der Waals surface area contributed by atoms with Crippen LogP contribution in [-0.2, 0) is 9.74 Å². The summed E-state index contributed by atoms with van der Waals surface area (Å²) in [6, 6.07) is 0. The average molecular weight is 491 g/mol. The van der Waals surface area contributed by atoms with Gasteiger partial charge in [0.1, 0.15) is 0 Å². The van der Waals surface area contributed by atoms with Crippen molar-refractivity contribution in [3.63, 3.8) is 0 Å². The van der Waals surface area contributed by atoms with Crippen molar-refractivity contribution in [3.8, 4) is 0 Å². The van der Waals surface area contributed by atoms with Crippen LogP contribution in [0, 0.1) is 40.4 Å². The van der Waals surface area contributed by atoms with Crippen LogP contribution in [0.2, 0.25) is 0 Å². The lowest BCUT2D eigenvalue weighted by atomic mass is 9.47. The van der Waals surface area contributed by atoms with Crippen molar-refractivity contribution in [2.75, 3.05) is 6.61 Å². The second-order valence-electron chi connectivity index (χ2n) is 12.5. The molecule has 4 rings (SSSR count). The topological polar surface area (TPSA) is 66.8 Å². The third-order valence-electron chi connectivity index (χ3n) is 10.4. The zero-order valence-corrected chi connectivity index (χ0v) is 22.3. The molecule has 4 nitrogen and oxygen atoms in total. The minimum atomic E-state index is -1.23. The Morgan fingerprint density at radius 3 is 2.51 bits per heavy atom. The summed E-state index contributed by atoms with van der Waals surface area (Å²) in [5.41, 5.74) is 3.60. The number of aliphatic hydroxyl groups is 2. The third-order valence-corrected chi connectivity index (χ3v) is 10.4. The predicted molar refractivity (Wildman–Crippen MR) is 138 cm³/mol. The number of halogens is 1. The number of rotatable bonds is 6. The molecule has 0 saturated heterocycles. The molecule has 3 saturated carbocycles. The molecule has 4 aliphatic rings. The van der Waals surface area contributed by atoms with Crippen molar-refractivity contribution in [2.24, 2.45) is 40.4 Å². The molecule has 35 heavy (non-hydrogen) atoms. The molecule has 0 aromatic rings. The average Bonchev–Trinajstić information content (AvgIpc) is 3.19. The lowest BCUT2D eigenvalue weighted by Crippen LogP contribution is -2.50. The summed E-state index contributed by atoms with van der Waals surface area (Å²) in [5, 5.41) is 18.3. The van der Waals surface area contributed by atoms with Gasteiger partial charge in [0, 0.05) is 4.53 Å². The molecule has 0 radical (unpaired) electrons. The van der Waals surface area contributed by atoms with E-state index in [0.29, 0.717) is 10.8 Å². The van der Waals surface area contributed by atoms with E-state index >= 15 is 0 Å². The fourth-order valence-electron chi connectivity index (χ4n) is 8.41. The van der Waals surface area contributed by atoms with Crippen molar-refractivity contribution in [1.29, 1.82) is 0 Å². The summed E-state index contributed by atoms with van der Waals surface area (Å²) in [5.74, 6) is 3.21. The van der Waals surface area contributed by atoms with E-state index in [0.717, 1.165) is 42.4 Å². The standard InChI is InChI=1S/C26H42O.C4H5FO3/c1-17(2)6-7-18(3)22-10-11-23-21-9-8-19-16-20(27)12-14-25(19,4)24(21)13-15-26(22,23)5;1-3(2-6)4(7)8-5/h8,18,20-24,27H,1,6-7,9-16H2,2-5H3;6H,1-2H2/t18-,20+,21?,22?,23?,24?,25+,26?;/m1./s1. The molecule has 8 atom stereocenters. The van der Waals surface area contributed by atoms with Crippen LogP contribution in [-0.4, -0.2) is 28.9 Å². The first-order valence-electron chi connectivity index (χ1n) is 13.6.